The van der Waals surface area contributed by atoms with Gasteiger partial charge in [-0.2, -0.15) is 0 Å². The molecule has 3 rings (SSSR count). The van der Waals surface area contributed by atoms with Gasteiger partial charge in [0, 0.05) is 4.47 Å². The number of fused-ring (bicyclic) bond motifs is 1. The minimum Gasteiger partial charge on any atom is -0.480 e. The normalized spacial score (nSPS) is 10.5. The van der Waals surface area contributed by atoms with E-state index in [1.807, 2.05) is 30.3 Å². The number of carbonyl (C=O) groups excluding carboxylic acids is 1. The molecule has 0 aliphatic rings. The fourth-order valence-corrected chi connectivity index (χ4v) is 2.69. The fourth-order valence-electron chi connectivity index (χ4n) is 2.12. The predicted molar refractivity (Wildman–Crippen MR) is 94.2 cm³/mol. The number of rotatable bonds is 4. The Morgan fingerprint density at radius 2 is 1.74 bits per heavy atom. The van der Waals surface area contributed by atoms with Gasteiger partial charge in [0.1, 0.15) is 11.5 Å². The lowest BCUT2D eigenvalue weighted by molar-refractivity contribution is -0.136. The molecule has 0 amide bonds. The van der Waals surface area contributed by atoms with Crippen LogP contribution in [0.25, 0.3) is 10.8 Å². The molecule has 0 radical (unpaired) electrons. The van der Waals surface area contributed by atoms with Gasteiger partial charge in [0.25, 0.3) is 0 Å². The Kier molecular flexibility index (Phi) is 4.84. The van der Waals surface area contributed by atoms with Crippen molar-refractivity contribution in [2.45, 2.75) is 0 Å². The molecule has 3 aromatic carbocycles. The van der Waals surface area contributed by atoms with Crippen molar-refractivity contribution in [3.8, 4) is 11.5 Å². The lowest BCUT2D eigenvalue weighted by Gasteiger charge is -2.08. The molecular weight excluding hydrogens is 380 g/mol. The molecule has 0 aromatic heterocycles. The summed E-state index contributed by atoms with van der Waals surface area (Å²) in [5.74, 6) is 0.448. The van der Waals surface area contributed by atoms with Crippen molar-refractivity contribution >= 4 is 44.3 Å². The van der Waals surface area contributed by atoms with Crippen LogP contribution in [0.5, 0.6) is 11.5 Å². The van der Waals surface area contributed by atoms with Gasteiger partial charge in [0.2, 0.25) is 0 Å². The Morgan fingerprint density at radius 3 is 2.57 bits per heavy atom. The molecule has 0 saturated carbocycles. The molecule has 23 heavy (non-hydrogen) atoms. The number of carbonyl (C=O) groups is 1. The second kappa shape index (κ2) is 7.02. The Balaban J connectivity index is 1.66. The van der Waals surface area contributed by atoms with Gasteiger partial charge in [-0.3, -0.25) is 0 Å². The number of hydrogen-bond acceptors (Lipinski definition) is 3. The van der Waals surface area contributed by atoms with Crippen molar-refractivity contribution in [1.29, 1.82) is 0 Å². The summed E-state index contributed by atoms with van der Waals surface area (Å²) in [6.07, 6.45) is 0. The van der Waals surface area contributed by atoms with Crippen LogP contribution in [0.2, 0.25) is 5.02 Å². The lowest BCUT2D eigenvalue weighted by atomic mass is 10.1. The average Bonchev–Trinajstić information content (AvgIpc) is 2.54. The third-order valence-corrected chi connectivity index (χ3v) is 3.99. The monoisotopic (exact) mass is 390 g/mol. The van der Waals surface area contributed by atoms with Gasteiger partial charge < -0.3 is 9.47 Å². The topological polar surface area (TPSA) is 35.5 Å². The van der Waals surface area contributed by atoms with Crippen molar-refractivity contribution in [3.05, 3.63) is 70.2 Å². The van der Waals surface area contributed by atoms with Gasteiger partial charge in [-0.25, -0.2) is 4.79 Å². The van der Waals surface area contributed by atoms with E-state index >= 15 is 0 Å². The molecule has 0 fully saturated rings. The summed E-state index contributed by atoms with van der Waals surface area (Å²) >= 11 is 9.39. The highest BCUT2D eigenvalue weighted by atomic mass is 79.9. The predicted octanol–water partition coefficient (Wildman–Crippen LogP) is 5.24. The first-order valence-electron chi connectivity index (χ1n) is 6.89. The van der Waals surface area contributed by atoms with E-state index in [1.54, 1.807) is 30.3 Å². The Hall–Kier alpha value is -2.04. The number of hydrogen-bond donors (Lipinski definition) is 0. The van der Waals surface area contributed by atoms with Crippen molar-refractivity contribution in [2.75, 3.05) is 6.61 Å². The molecule has 0 spiro atoms. The van der Waals surface area contributed by atoms with Crippen LogP contribution in [0.15, 0.2) is 65.1 Å². The summed E-state index contributed by atoms with van der Waals surface area (Å²) in [6.45, 7) is -0.206. The van der Waals surface area contributed by atoms with E-state index < -0.39 is 5.97 Å². The molecule has 0 heterocycles. The highest BCUT2D eigenvalue weighted by Crippen LogP contribution is 2.25. The van der Waals surface area contributed by atoms with E-state index in [2.05, 4.69) is 15.9 Å². The largest absolute Gasteiger partial charge is 0.480 e. The standard InChI is InChI=1S/C18H12BrClO3/c19-14-7-5-13-10-15(8-6-12(13)9-14)23-18(21)11-22-17-4-2-1-3-16(17)20/h1-10H,11H2. The molecule has 0 unspecified atom stereocenters. The first kappa shape index (κ1) is 15.8. The SMILES string of the molecule is O=C(COc1ccccc1Cl)Oc1ccc2cc(Br)ccc2c1. The van der Waals surface area contributed by atoms with E-state index in [4.69, 9.17) is 21.1 Å². The first-order chi connectivity index (χ1) is 11.1. The molecule has 116 valence electrons. The Bertz CT molecular complexity index is 864. The number of halogens is 2. The third kappa shape index (κ3) is 4.03. The molecule has 0 aliphatic carbocycles. The van der Waals surface area contributed by atoms with Gasteiger partial charge >= 0.3 is 5.97 Å². The number of para-hydroxylation sites is 1. The molecular formula is C18H12BrClO3. The number of ether oxygens (including phenoxy) is 2. The summed E-state index contributed by atoms with van der Waals surface area (Å²) in [5, 5.41) is 2.51. The molecule has 0 N–H and O–H groups in total. The molecule has 3 aromatic rings. The quantitative estimate of drug-likeness (QED) is 0.451. The van der Waals surface area contributed by atoms with Crippen molar-refractivity contribution < 1.29 is 14.3 Å². The van der Waals surface area contributed by atoms with Crippen LogP contribution >= 0.6 is 27.5 Å². The molecule has 5 heteroatoms. The first-order valence-corrected chi connectivity index (χ1v) is 8.06. The highest BCUT2D eigenvalue weighted by molar-refractivity contribution is 9.10. The maximum atomic E-state index is 11.9. The van der Waals surface area contributed by atoms with Crippen LogP contribution in [0.3, 0.4) is 0 Å². The molecule has 0 bridgehead atoms. The summed E-state index contributed by atoms with van der Waals surface area (Å²) in [5.41, 5.74) is 0. The molecule has 0 saturated heterocycles. The summed E-state index contributed by atoms with van der Waals surface area (Å²) in [7, 11) is 0. The minimum atomic E-state index is -0.485. The van der Waals surface area contributed by atoms with Crippen molar-refractivity contribution in [3.63, 3.8) is 0 Å². The second-order valence-electron chi connectivity index (χ2n) is 4.85. The number of esters is 1. The highest BCUT2D eigenvalue weighted by Gasteiger charge is 2.08. The maximum absolute atomic E-state index is 11.9. The maximum Gasteiger partial charge on any atom is 0.349 e. The van der Waals surface area contributed by atoms with Gasteiger partial charge in [0.05, 0.1) is 5.02 Å². The summed E-state index contributed by atoms with van der Waals surface area (Å²) < 4.78 is 11.7. The third-order valence-electron chi connectivity index (χ3n) is 3.19. The van der Waals surface area contributed by atoms with E-state index in [-0.39, 0.29) is 6.61 Å². The van der Waals surface area contributed by atoms with Crippen LogP contribution < -0.4 is 9.47 Å². The van der Waals surface area contributed by atoms with Crippen LogP contribution in [0.4, 0.5) is 0 Å². The number of benzene rings is 3. The van der Waals surface area contributed by atoms with Crippen molar-refractivity contribution in [2.24, 2.45) is 0 Å². The molecule has 0 aliphatic heterocycles. The zero-order valence-electron chi connectivity index (χ0n) is 12.0. The van der Waals surface area contributed by atoms with Gasteiger partial charge in [-0.05, 0) is 47.2 Å². The van der Waals surface area contributed by atoms with Crippen LogP contribution in [-0.2, 0) is 4.79 Å². The lowest BCUT2D eigenvalue weighted by Crippen LogP contribution is -2.17. The Morgan fingerprint density at radius 1 is 1.00 bits per heavy atom. The van der Waals surface area contributed by atoms with Crippen LogP contribution in [0, 0.1) is 0 Å². The smallest absolute Gasteiger partial charge is 0.349 e. The minimum absolute atomic E-state index is 0.206. The van der Waals surface area contributed by atoms with E-state index in [9.17, 15) is 4.79 Å². The zero-order valence-corrected chi connectivity index (χ0v) is 14.3. The zero-order chi connectivity index (χ0) is 16.2. The summed E-state index contributed by atoms with van der Waals surface area (Å²) in [4.78, 5) is 11.9. The van der Waals surface area contributed by atoms with Crippen molar-refractivity contribution in [1.82, 2.24) is 0 Å². The van der Waals surface area contributed by atoms with Gasteiger partial charge in [-0.15, -0.1) is 0 Å². The van der Waals surface area contributed by atoms with E-state index in [0.717, 1.165) is 15.2 Å². The Labute approximate surface area is 146 Å². The van der Waals surface area contributed by atoms with Crippen LogP contribution in [-0.4, -0.2) is 12.6 Å². The molecule has 3 nitrogen and oxygen atoms in total. The second-order valence-corrected chi connectivity index (χ2v) is 6.17. The average molecular weight is 392 g/mol. The summed E-state index contributed by atoms with van der Waals surface area (Å²) in [6, 6.07) is 18.3. The fraction of sp³-hybridized carbons (Fsp3) is 0.0556. The molecule has 0 atom stereocenters. The van der Waals surface area contributed by atoms with Gasteiger partial charge in [0.15, 0.2) is 6.61 Å². The van der Waals surface area contributed by atoms with E-state index in [1.165, 1.54) is 0 Å². The van der Waals surface area contributed by atoms with Gasteiger partial charge in [-0.1, -0.05) is 51.8 Å². The van der Waals surface area contributed by atoms with E-state index in [0.29, 0.717) is 16.5 Å². The van der Waals surface area contributed by atoms with Crippen LogP contribution in [0.1, 0.15) is 0 Å².